The molecule has 19 heavy (non-hydrogen) atoms. The van der Waals surface area contributed by atoms with Crippen molar-refractivity contribution >= 4 is 5.78 Å². The molecule has 96 valence electrons. The van der Waals surface area contributed by atoms with Crippen molar-refractivity contribution in [3.63, 3.8) is 0 Å². The summed E-state index contributed by atoms with van der Waals surface area (Å²) in [6.07, 6.45) is 0. The Bertz CT molecular complexity index is 564. The maximum absolute atomic E-state index is 11.7. The Labute approximate surface area is 113 Å². The predicted octanol–water partition coefficient (Wildman–Crippen LogP) is 3.20. The third kappa shape index (κ3) is 2.45. The number of carbonyl (C=O) groups is 1. The van der Waals surface area contributed by atoms with E-state index in [-0.39, 0.29) is 17.9 Å². The molecule has 2 aromatic carbocycles. The van der Waals surface area contributed by atoms with E-state index in [1.165, 1.54) is 11.1 Å². The van der Waals surface area contributed by atoms with Gasteiger partial charge in [-0.1, -0.05) is 60.7 Å². The number of benzene rings is 2. The highest BCUT2D eigenvalue weighted by Crippen LogP contribution is 2.44. The zero-order chi connectivity index (χ0) is 13.2. The molecule has 2 aromatic rings. The van der Waals surface area contributed by atoms with Crippen molar-refractivity contribution in [3.8, 4) is 0 Å². The Morgan fingerprint density at radius 1 is 1.00 bits per heavy atom. The molecule has 1 saturated heterocycles. The van der Waals surface area contributed by atoms with Crippen LogP contribution in [-0.2, 0) is 11.3 Å². The minimum atomic E-state index is 0.0441. The number of rotatable bonds is 4. The first-order valence-electron chi connectivity index (χ1n) is 6.62. The van der Waals surface area contributed by atoms with E-state index in [0.717, 1.165) is 6.54 Å². The van der Waals surface area contributed by atoms with Gasteiger partial charge in [-0.2, -0.15) is 0 Å². The van der Waals surface area contributed by atoms with Gasteiger partial charge in [-0.25, -0.2) is 0 Å². The highest BCUT2D eigenvalue weighted by Gasteiger charge is 2.50. The summed E-state index contributed by atoms with van der Waals surface area (Å²) in [5.74, 6) is 0.254. The van der Waals surface area contributed by atoms with Gasteiger partial charge >= 0.3 is 0 Å². The molecule has 1 aliphatic heterocycles. The van der Waals surface area contributed by atoms with Crippen LogP contribution in [0.25, 0.3) is 0 Å². The summed E-state index contributed by atoms with van der Waals surface area (Å²) in [4.78, 5) is 14.0. The Morgan fingerprint density at radius 2 is 1.58 bits per heavy atom. The second-order valence-electron chi connectivity index (χ2n) is 5.07. The molecule has 1 aliphatic rings. The Balaban J connectivity index is 1.80. The molecule has 0 N–H and O–H groups in total. The molecule has 0 spiro atoms. The van der Waals surface area contributed by atoms with Crippen molar-refractivity contribution < 1.29 is 4.79 Å². The largest absolute Gasteiger partial charge is 0.298 e. The van der Waals surface area contributed by atoms with Crippen LogP contribution in [0.1, 0.15) is 24.1 Å². The smallest absolute Gasteiger partial charge is 0.148 e. The van der Waals surface area contributed by atoms with Crippen molar-refractivity contribution in [1.29, 1.82) is 0 Å². The number of ketones is 1. The third-order valence-corrected chi connectivity index (χ3v) is 3.69. The minimum Gasteiger partial charge on any atom is -0.298 e. The van der Waals surface area contributed by atoms with Crippen molar-refractivity contribution in [3.05, 3.63) is 71.8 Å². The normalized spacial score (nSPS) is 25.0. The van der Waals surface area contributed by atoms with Crippen molar-refractivity contribution in [1.82, 2.24) is 4.90 Å². The van der Waals surface area contributed by atoms with E-state index in [9.17, 15) is 4.79 Å². The van der Waals surface area contributed by atoms with Crippen LogP contribution in [-0.4, -0.2) is 16.7 Å². The number of hydrogen-bond donors (Lipinski definition) is 0. The van der Waals surface area contributed by atoms with Gasteiger partial charge in [0.15, 0.2) is 0 Å². The standard InChI is InChI=1S/C17H17NO/c1-13(19)16-17(15-10-6-3-7-11-15)18(16)12-14-8-4-2-5-9-14/h2-11,16-17H,12H2,1H3/t16-,17-,18?/m0/s1. The van der Waals surface area contributed by atoms with Gasteiger partial charge in [0.1, 0.15) is 5.78 Å². The van der Waals surface area contributed by atoms with E-state index >= 15 is 0 Å². The van der Waals surface area contributed by atoms with E-state index < -0.39 is 0 Å². The van der Waals surface area contributed by atoms with Crippen LogP contribution in [0.2, 0.25) is 0 Å². The van der Waals surface area contributed by atoms with E-state index in [2.05, 4.69) is 29.2 Å². The Morgan fingerprint density at radius 3 is 2.16 bits per heavy atom. The van der Waals surface area contributed by atoms with Gasteiger partial charge in [-0.15, -0.1) is 0 Å². The molecule has 0 aliphatic carbocycles. The topological polar surface area (TPSA) is 20.1 Å². The van der Waals surface area contributed by atoms with E-state index in [1.54, 1.807) is 6.92 Å². The molecule has 3 rings (SSSR count). The Hall–Kier alpha value is -1.93. The summed E-state index contributed by atoms with van der Waals surface area (Å²) in [5, 5.41) is 0. The molecule has 3 atom stereocenters. The lowest BCUT2D eigenvalue weighted by molar-refractivity contribution is -0.117. The van der Waals surface area contributed by atoms with Crippen molar-refractivity contribution in [2.75, 3.05) is 0 Å². The summed E-state index contributed by atoms with van der Waals surface area (Å²) in [6.45, 7) is 2.52. The number of nitrogens with zero attached hydrogens (tertiary/aromatic N) is 1. The fraction of sp³-hybridized carbons (Fsp3) is 0.235. The summed E-state index contributed by atoms with van der Waals surface area (Å²) < 4.78 is 0. The molecule has 0 radical (unpaired) electrons. The van der Waals surface area contributed by atoms with Crippen LogP contribution in [0.15, 0.2) is 60.7 Å². The molecule has 0 amide bonds. The highest BCUT2D eigenvalue weighted by atomic mass is 16.1. The van der Waals surface area contributed by atoms with Crippen LogP contribution in [0.5, 0.6) is 0 Å². The van der Waals surface area contributed by atoms with Crippen LogP contribution < -0.4 is 0 Å². The first-order valence-corrected chi connectivity index (χ1v) is 6.62. The SMILES string of the molecule is CC(=O)[C@H]1[C@H](c2ccccc2)N1Cc1ccccc1. The fourth-order valence-electron chi connectivity index (χ4n) is 2.75. The summed E-state index contributed by atoms with van der Waals surface area (Å²) in [6, 6.07) is 20.9. The zero-order valence-electron chi connectivity index (χ0n) is 11.0. The molecule has 2 heteroatoms. The molecular formula is C17H17NO. The average Bonchev–Trinajstić information content (AvgIpc) is 3.15. The molecule has 0 saturated carbocycles. The van der Waals surface area contributed by atoms with Crippen LogP contribution >= 0.6 is 0 Å². The Kier molecular flexibility index (Phi) is 3.18. The van der Waals surface area contributed by atoms with Crippen LogP contribution in [0.4, 0.5) is 0 Å². The van der Waals surface area contributed by atoms with Gasteiger partial charge < -0.3 is 0 Å². The first-order chi connectivity index (χ1) is 9.27. The minimum absolute atomic E-state index is 0.0441. The molecule has 1 heterocycles. The van der Waals surface area contributed by atoms with E-state index in [1.807, 2.05) is 36.4 Å². The third-order valence-electron chi connectivity index (χ3n) is 3.69. The van der Waals surface area contributed by atoms with Crippen LogP contribution in [0.3, 0.4) is 0 Å². The van der Waals surface area contributed by atoms with Crippen LogP contribution in [0, 0.1) is 0 Å². The van der Waals surface area contributed by atoms with Gasteiger partial charge in [0.05, 0.1) is 12.1 Å². The number of Topliss-reactive ketones (excluding diaryl/α,β-unsaturated/α-hetero) is 1. The second-order valence-corrected chi connectivity index (χ2v) is 5.07. The lowest BCUT2D eigenvalue weighted by Crippen LogP contribution is -2.08. The van der Waals surface area contributed by atoms with Gasteiger partial charge in [0, 0.05) is 6.54 Å². The lowest BCUT2D eigenvalue weighted by atomic mass is 10.1. The summed E-state index contributed by atoms with van der Waals surface area (Å²) >= 11 is 0. The molecule has 1 fully saturated rings. The van der Waals surface area contributed by atoms with Crippen molar-refractivity contribution in [2.24, 2.45) is 0 Å². The molecule has 2 nitrogen and oxygen atoms in total. The summed E-state index contributed by atoms with van der Waals surface area (Å²) in [7, 11) is 0. The second kappa shape index (κ2) is 4.98. The fourth-order valence-corrected chi connectivity index (χ4v) is 2.75. The molecule has 0 bridgehead atoms. The number of hydrogen-bond acceptors (Lipinski definition) is 2. The number of carbonyl (C=O) groups excluding carboxylic acids is 1. The van der Waals surface area contributed by atoms with E-state index in [4.69, 9.17) is 0 Å². The predicted molar refractivity (Wildman–Crippen MR) is 75.6 cm³/mol. The monoisotopic (exact) mass is 251 g/mol. The van der Waals surface area contributed by atoms with Crippen molar-refractivity contribution in [2.45, 2.75) is 25.6 Å². The molecule has 0 aromatic heterocycles. The molecular weight excluding hydrogens is 234 g/mol. The van der Waals surface area contributed by atoms with E-state index in [0.29, 0.717) is 0 Å². The molecule has 1 unspecified atom stereocenters. The zero-order valence-corrected chi connectivity index (χ0v) is 11.0. The van der Waals surface area contributed by atoms with Gasteiger partial charge in [0.25, 0.3) is 0 Å². The lowest BCUT2D eigenvalue weighted by Gasteiger charge is -2.04. The van der Waals surface area contributed by atoms with Gasteiger partial charge in [-0.05, 0) is 18.1 Å². The maximum atomic E-state index is 11.7. The quantitative estimate of drug-likeness (QED) is 0.778. The average molecular weight is 251 g/mol. The van der Waals surface area contributed by atoms with Gasteiger partial charge in [-0.3, -0.25) is 9.69 Å². The first kappa shape index (κ1) is 12.1. The highest BCUT2D eigenvalue weighted by molar-refractivity contribution is 5.85. The maximum Gasteiger partial charge on any atom is 0.148 e. The van der Waals surface area contributed by atoms with Gasteiger partial charge in [0.2, 0.25) is 0 Å². The summed E-state index contributed by atoms with van der Waals surface area (Å²) in [5.41, 5.74) is 2.49.